The Labute approximate surface area is 123 Å². The fourth-order valence-electron chi connectivity index (χ4n) is 5.04. The second-order valence-corrected chi connectivity index (χ2v) is 6.92. The molecule has 0 aromatic rings. The molecule has 2 bridgehead atoms. The quantitative estimate of drug-likeness (QED) is 0.743. The first-order valence-electron chi connectivity index (χ1n) is 8.03. The molecule has 5 rings (SSSR count). The van der Waals surface area contributed by atoms with Gasteiger partial charge >= 0.3 is 0 Å². The number of ether oxygens (including phenoxy) is 1. The maximum absolute atomic E-state index is 13.1. The highest BCUT2D eigenvalue weighted by molar-refractivity contribution is 6.01. The molecule has 0 aromatic heterocycles. The van der Waals surface area contributed by atoms with Crippen molar-refractivity contribution in [3.8, 4) is 0 Å². The van der Waals surface area contributed by atoms with Gasteiger partial charge in [0.2, 0.25) is 0 Å². The van der Waals surface area contributed by atoms with E-state index in [9.17, 15) is 4.79 Å². The van der Waals surface area contributed by atoms with E-state index in [4.69, 9.17) is 4.74 Å². The predicted octanol–water partition coefficient (Wildman–Crippen LogP) is 2.32. The molecule has 1 spiro atoms. The molecule has 5 nitrogen and oxygen atoms in total. The smallest absolute Gasteiger partial charge is 0.164 e. The first kappa shape index (κ1) is 12.1. The highest BCUT2D eigenvalue weighted by Crippen LogP contribution is 2.57. The van der Waals surface area contributed by atoms with Crippen LogP contribution in [0, 0.1) is 17.3 Å². The number of Topliss-reactive ketones (excluding diaryl/α,β-unsaturated/α-hetero) is 1. The lowest BCUT2D eigenvalue weighted by Gasteiger charge is -2.48. The van der Waals surface area contributed by atoms with E-state index in [2.05, 4.69) is 15.5 Å². The summed E-state index contributed by atoms with van der Waals surface area (Å²) in [5, 5.41) is 12.0. The average molecular weight is 285 g/mol. The molecule has 1 N–H and O–H groups in total. The van der Waals surface area contributed by atoms with Gasteiger partial charge in [-0.3, -0.25) is 4.79 Å². The summed E-state index contributed by atoms with van der Waals surface area (Å²) < 4.78 is 5.59. The Morgan fingerprint density at radius 1 is 1.24 bits per heavy atom. The van der Waals surface area contributed by atoms with E-state index in [1.54, 1.807) is 0 Å². The summed E-state index contributed by atoms with van der Waals surface area (Å²) >= 11 is 0. The summed E-state index contributed by atoms with van der Waals surface area (Å²) in [5.41, 5.74) is 3.29. The Kier molecular flexibility index (Phi) is 2.32. The van der Waals surface area contributed by atoms with Crippen LogP contribution in [-0.2, 0) is 9.53 Å². The molecule has 21 heavy (non-hydrogen) atoms. The summed E-state index contributed by atoms with van der Waals surface area (Å²) in [7, 11) is 0. The molecule has 1 saturated heterocycles. The maximum atomic E-state index is 13.1. The predicted molar refractivity (Wildman–Crippen MR) is 75.2 cm³/mol. The second-order valence-electron chi connectivity index (χ2n) is 6.92. The Bertz CT molecular complexity index is 613. The summed E-state index contributed by atoms with van der Waals surface area (Å²) in [6.45, 7) is 1.45. The molecule has 1 saturated carbocycles. The zero-order chi connectivity index (χ0) is 14.0. The molecule has 3 unspecified atom stereocenters. The Morgan fingerprint density at radius 2 is 2.05 bits per heavy atom. The number of nitrogens with one attached hydrogen (secondary N) is 1. The van der Waals surface area contributed by atoms with Crippen molar-refractivity contribution in [2.45, 2.75) is 38.3 Å². The third kappa shape index (κ3) is 1.42. The molecular formula is C16H19N3O2. The minimum atomic E-state index is -0.161. The van der Waals surface area contributed by atoms with Gasteiger partial charge in [-0.25, -0.2) is 0 Å². The SMILES string of the molecule is O=C1C2=C(NC3N=NC=C3C23CCOCC3)C2CCC1C2. The van der Waals surface area contributed by atoms with Crippen molar-refractivity contribution in [3.63, 3.8) is 0 Å². The number of allylic oxidation sites excluding steroid dienone is 2. The van der Waals surface area contributed by atoms with E-state index in [-0.39, 0.29) is 17.5 Å². The molecule has 3 aliphatic heterocycles. The second kappa shape index (κ2) is 4.03. The minimum absolute atomic E-state index is 0.0493. The van der Waals surface area contributed by atoms with Crippen molar-refractivity contribution in [1.82, 2.24) is 5.32 Å². The van der Waals surface area contributed by atoms with E-state index in [1.807, 2.05) is 6.20 Å². The number of hydrogen-bond donors (Lipinski definition) is 1. The van der Waals surface area contributed by atoms with Crippen LogP contribution in [0.2, 0.25) is 0 Å². The van der Waals surface area contributed by atoms with Crippen molar-refractivity contribution in [2.75, 3.05) is 13.2 Å². The maximum Gasteiger partial charge on any atom is 0.164 e. The molecule has 0 radical (unpaired) electrons. The number of azo groups is 1. The van der Waals surface area contributed by atoms with Crippen LogP contribution in [0.15, 0.2) is 33.3 Å². The third-order valence-electron chi connectivity index (χ3n) is 6.07. The van der Waals surface area contributed by atoms with Crippen LogP contribution in [0.4, 0.5) is 0 Å². The highest BCUT2D eigenvalue weighted by Gasteiger charge is 2.55. The molecule has 110 valence electrons. The lowest BCUT2D eigenvalue weighted by molar-refractivity contribution is -0.121. The van der Waals surface area contributed by atoms with Crippen molar-refractivity contribution in [3.05, 3.63) is 23.0 Å². The standard InChI is InChI=1S/C16H19N3O2/c20-14-10-2-1-9(7-10)13-12(14)16(3-5-21-6-4-16)11-8-17-19-15(11)18-13/h8-10,15,18H,1-7H2. The summed E-state index contributed by atoms with van der Waals surface area (Å²) in [6.07, 6.45) is 6.84. The van der Waals surface area contributed by atoms with Crippen LogP contribution in [0.3, 0.4) is 0 Å². The Hall–Kier alpha value is -1.49. The normalized spacial score (nSPS) is 39.1. The molecule has 0 amide bonds. The molecule has 5 aliphatic rings. The van der Waals surface area contributed by atoms with Crippen LogP contribution >= 0.6 is 0 Å². The van der Waals surface area contributed by atoms with E-state index in [0.29, 0.717) is 11.7 Å². The van der Waals surface area contributed by atoms with E-state index < -0.39 is 0 Å². The zero-order valence-corrected chi connectivity index (χ0v) is 12.0. The van der Waals surface area contributed by atoms with Gasteiger partial charge < -0.3 is 10.1 Å². The number of nitrogens with zero attached hydrogens (tertiary/aromatic N) is 2. The van der Waals surface area contributed by atoms with Gasteiger partial charge in [-0.1, -0.05) is 0 Å². The van der Waals surface area contributed by atoms with Crippen molar-refractivity contribution in [1.29, 1.82) is 0 Å². The van der Waals surface area contributed by atoms with Crippen LogP contribution in [0.5, 0.6) is 0 Å². The first-order chi connectivity index (χ1) is 10.3. The molecule has 3 atom stereocenters. The first-order valence-corrected chi connectivity index (χ1v) is 8.03. The monoisotopic (exact) mass is 285 g/mol. The lowest BCUT2D eigenvalue weighted by Crippen LogP contribution is -2.51. The number of fused-ring (bicyclic) bond motifs is 6. The number of carbonyl (C=O) groups excluding carboxylic acids is 1. The van der Waals surface area contributed by atoms with E-state index in [0.717, 1.165) is 50.9 Å². The van der Waals surface area contributed by atoms with Crippen molar-refractivity contribution in [2.24, 2.45) is 27.5 Å². The summed E-state index contributed by atoms with van der Waals surface area (Å²) in [4.78, 5) is 13.1. The molecular weight excluding hydrogens is 266 g/mol. The van der Waals surface area contributed by atoms with Gasteiger partial charge in [0, 0.05) is 41.4 Å². The molecule has 3 heterocycles. The summed E-state index contributed by atoms with van der Waals surface area (Å²) in [5.74, 6) is 1.17. The third-order valence-corrected chi connectivity index (χ3v) is 6.07. The topological polar surface area (TPSA) is 63.0 Å². The van der Waals surface area contributed by atoms with Crippen molar-refractivity contribution >= 4 is 5.78 Å². The van der Waals surface area contributed by atoms with Crippen LogP contribution in [-0.4, -0.2) is 25.2 Å². The van der Waals surface area contributed by atoms with Gasteiger partial charge in [0.05, 0.1) is 6.20 Å². The van der Waals surface area contributed by atoms with E-state index >= 15 is 0 Å². The fourth-order valence-corrected chi connectivity index (χ4v) is 5.04. The number of carbonyl (C=O) groups is 1. The van der Waals surface area contributed by atoms with Crippen LogP contribution in [0.1, 0.15) is 32.1 Å². The number of ketones is 1. The number of hydrogen-bond acceptors (Lipinski definition) is 5. The van der Waals surface area contributed by atoms with Gasteiger partial charge in [-0.15, -0.1) is 0 Å². The van der Waals surface area contributed by atoms with Crippen LogP contribution < -0.4 is 5.32 Å². The summed E-state index contributed by atoms with van der Waals surface area (Å²) in [6, 6.07) is 0. The number of rotatable bonds is 0. The fraction of sp³-hybridized carbons (Fsp3) is 0.688. The zero-order valence-electron chi connectivity index (χ0n) is 12.0. The molecule has 5 heteroatoms. The van der Waals surface area contributed by atoms with E-state index in [1.165, 1.54) is 11.3 Å². The molecule has 0 aromatic carbocycles. The highest BCUT2D eigenvalue weighted by atomic mass is 16.5. The van der Waals surface area contributed by atoms with Gasteiger partial charge in [0.25, 0.3) is 0 Å². The minimum Gasteiger partial charge on any atom is -0.381 e. The Balaban J connectivity index is 1.72. The molecule has 2 fully saturated rings. The average Bonchev–Trinajstić information content (AvgIpc) is 3.14. The van der Waals surface area contributed by atoms with Gasteiger partial charge in [-0.05, 0) is 38.0 Å². The van der Waals surface area contributed by atoms with Gasteiger partial charge in [0.1, 0.15) is 0 Å². The Morgan fingerprint density at radius 3 is 2.90 bits per heavy atom. The van der Waals surface area contributed by atoms with Crippen LogP contribution in [0.25, 0.3) is 0 Å². The largest absolute Gasteiger partial charge is 0.381 e. The molecule has 2 aliphatic carbocycles. The van der Waals surface area contributed by atoms with Gasteiger partial charge in [-0.2, -0.15) is 10.2 Å². The van der Waals surface area contributed by atoms with Crippen molar-refractivity contribution < 1.29 is 9.53 Å². The van der Waals surface area contributed by atoms with Gasteiger partial charge in [0.15, 0.2) is 11.9 Å². The lowest BCUT2D eigenvalue weighted by atomic mass is 9.61.